The summed E-state index contributed by atoms with van der Waals surface area (Å²) in [4.78, 5) is 42.3. The van der Waals surface area contributed by atoms with E-state index in [2.05, 4.69) is 17.6 Å². The first-order valence-electron chi connectivity index (χ1n) is 12.5. The Hall–Kier alpha value is -2.81. The summed E-state index contributed by atoms with van der Waals surface area (Å²) in [6.07, 6.45) is 2.72. The third-order valence-corrected chi connectivity index (χ3v) is 6.86. The average molecular weight is 489 g/mol. The number of ether oxygens (including phenoxy) is 2. The van der Waals surface area contributed by atoms with Crippen molar-refractivity contribution in [3.05, 3.63) is 23.8 Å². The number of carbonyl (C=O) groups excluding carboxylic acids is 3. The molecule has 2 N–H and O–H groups in total. The molecule has 35 heavy (non-hydrogen) atoms. The highest BCUT2D eigenvalue weighted by molar-refractivity contribution is 5.98. The Morgan fingerprint density at radius 3 is 2.49 bits per heavy atom. The summed E-state index contributed by atoms with van der Waals surface area (Å²) >= 11 is 0. The number of fused-ring (bicyclic) bond motifs is 1. The topological polar surface area (TPSA) is 100 Å². The second-order valence-electron chi connectivity index (χ2n) is 10.2. The quantitative estimate of drug-likeness (QED) is 0.677. The molecule has 4 amide bonds. The van der Waals surface area contributed by atoms with Crippen LogP contribution in [0.1, 0.15) is 57.3 Å². The molecule has 0 unspecified atom stereocenters. The molecule has 1 heterocycles. The number of methoxy groups -OCH3 is 1. The van der Waals surface area contributed by atoms with Gasteiger partial charge in [-0.05, 0) is 45.7 Å². The van der Waals surface area contributed by atoms with Crippen molar-refractivity contribution in [2.75, 3.05) is 39.2 Å². The molecule has 0 bridgehead atoms. The van der Waals surface area contributed by atoms with Gasteiger partial charge in [-0.1, -0.05) is 13.3 Å². The Kier molecular flexibility index (Phi) is 8.99. The SMILES string of the molecule is CO[C@H]1CN(C)C(=O)c2ccc(NC(=O)NC(C)C)cc2OC[C@@H](C)N(C(=O)C2CCC2)C[C@H]1C. The van der Waals surface area contributed by atoms with Gasteiger partial charge in [0.1, 0.15) is 12.4 Å². The Labute approximate surface area is 208 Å². The molecule has 0 spiro atoms. The van der Waals surface area contributed by atoms with Crippen LogP contribution in [0, 0.1) is 11.8 Å². The first kappa shape index (κ1) is 26.8. The van der Waals surface area contributed by atoms with Crippen molar-refractivity contribution in [3.8, 4) is 5.75 Å². The van der Waals surface area contributed by atoms with Crippen LogP contribution in [0.5, 0.6) is 5.75 Å². The van der Waals surface area contributed by atoms with E-state index in [0.29, 0.717) is 30.1 Å². The van der Waals surface area contributed by atoms with Crippen molar-refractivity contribution < 1.29 is 23.9 Å². The molecule has 0 aromatic heterocycles. The fraction of sp³-hybridized carbons (Fsp3) is 0.654. The summed E-state index contributed by atoms with van der Waals surface area (Å²) in [5.74, 6) is 0.450. The molecular weight excluding hydrogens is 448 g/mol. The zero-order chi connectivity index (χ0) is 25.7. The van der Waals surface area contributed by atoms with E-state index in [0.717, 1.165) is 19.3 Å². The maximum absolute atomic E-state index is 13.3. The van der Waals surface area contributed by atoms with Crippen molar-refractivity contribution in [2.45, 2.75) is 65.1 Å². The molecule has 0 saturated heterocycles. The van der Waals surface area contributed by atoms with Crippen LogP contribution < -0.4 is 15.4 Å². The molecule has 1 aromatic rings. The van der Waals surface area contributed by atoms with Crippen LogP contribution in [0.25, 0.3) is 0 Å². The Morgan fingerprint density at radius 1 is 1.17 bits per heavy atom. The molecule has 2 aliphatic rings. The van der Waals surface area contributed by atoms with Gasteiger partial charge in [0.15, 0.2) is 0 Å². The van der Waals surface area contributed by atoms with Gasteiger partial charge in [0.2, 0.25) is 5.91 Å². The number of nitrogens with one attached hydrogen (secondary N) is 2. The van der Waals surface area contributed by atoms with Crippen molar-refractivity contribution >= 4 is 23.5 Å². The van der Waals surface area contributed by atoms with Gasteiger partial charge in [0.25, 0.3) is 5.91 Å². The second kappa shape index (κ2) is 11.7. The molecule has 1 aliphatic carbocycles. The number of hydrogen-bond acceptors (Lipinski definition) is 5. The third kappa shape index (κ3) is 6.66. The lowest BCUT2D eigenvalue weighted by Gasteiger charge is -2.39. The monoisotopic (exact) mass is 488 g/mol. The molecular formula is C26H40N4O5. The van der Waals surface area contributed by atoms with Gasteiger partial charge in [-0.2, -0.15) is 0 Å². The minimum absolute atomic E-state index is 0.0121. The highest BCUT2D eigenvalue weighted by Gasteiger charge is 2.35. The number of benzene rings is 1. The lowest BCUT2D eigenvalue weighted by atomic mass is 9.83. The van der Waals surface area contributed by atoms with Gasteiger partial charge in [-0.25, -0.2) is 4.79 Å². The van der Waals surface area contributed by atoms with Gasteiger partial charge in [0, 0.05) is 56.9 Å². The van der Waals surface area contributed by atoms with Crippen LogP contribution >= 0.6 is 0 Å². The zero-order valence-electron chi connectivity index (χ0n) is 21.8. The number of anilines is 1. The smallest absolute Gasteiger partial charge is 0.319 e. The van der Waals surface area contributed by atoms with Crippen LogP contribution in [0.2, 0.25) is 0 Å². The van der Waals surface area contributed by atoms with Crippen LogP contribution in [0.4, 0.5) is 10.5 Å². The normalized spacial score (nSPS) is 24.0. The summed E-state index contributed by atoms with van der Waals surface area (Å²) in [5.41, 5.74) is 0.914. The van der Waals surface area contributed by atoms with Crippen molar-refractivity contribution in [2.24, 2.45) is 11.8 Å². The first-order chi connectivity index (χ1) is 16.6. The van der Waals surface area contributed by atoms with Gasteiger partial charge < -0.3 is 29.9 Å². The molecule has 0 radical (unpaired) electrons. The lowest BCUT2D eigenvalue weighted by molar-refractivity contribution is -0.142. The van der Waals surface area contributed by atoms with E-state index in [4.69, 9.17) is 9.47 Å². The summed E-state index contributed by atoms with van der Waals surface area (Å²) in [5, 5.41) is 5.57. The second-order valence-corrected chi connectivity index (χ2v) is 10.2. The van der Waals surface area contributed by atoms with Crippen LogP contribution in [-0.2, 0) is 9.53 Å². The maximum Gasteiger partial charge on any atom is 0.319 e. The van der Waals surface area contributed by atoms with Gasteiger partial charge >= 0.3 is 6.03 Å². The fourth-order valence-corrected chi connectivity index (χ4v) is 4.48. The van der Waals surface area contributed by atoms with E-state index in [1.807, 2.05) is 25.7 Å². The van der Waals surface area contributed by atoms with Crippen molar-refractivity contribution in [1.29, 1.82) is 0 Å². The molecule has 9 heteroatoms. The summed E-state index contributed by atoms with van der Waals surface area (Å²) in [6.45, 7) is 8.93. The lowest BCUT2D eigenvalue weighted by Crippen LogP contribution is -2.51. The van der Waals surface area contributed by atoms with Gasteiger partial charge in [-0.15, -0.1) is 0 Å². The third-order valence-electron chi connectivity index (χ3n) is 6.86. The minimum Gasteiger partial charge on any atom is -0.491 e. The Morgan fingerprint density at radius 2 is 1.89 bits per heavy atom. The molecule has 194 valence electrons. The van der Waals surface area contributed by atoms with E-state index in [9.17, 15) is 14.4 Å². The number of carbonyl (C=O) groups is 3. The van der Waals surface area contributed by atoms with Crippen LogP contribution in [0.15, 0.2) is 18.2 Å². The molecule has 9 nitrogen and oxygen atoms in total. The predicted molar refractivity (Wildman–Crippen MR) is 135 cm³/mol. The van der Waals surface area contributed by atoms with E-state index < -0.39 is 0 Å². The van der Waals surface area contributed by atoms with E-state index in [-0.39, 0.29) is 54.5 Å². The largest absolute Gasteiger partial charge is 0.491 e. The van der Waals surface area contributed by atoms with E-state index in [1.165, 1.54) is 0 Å². The number of amides is 4. The van der Waals surface area contributed by atoms with Crippen LogP contribution in [-0.4, -0.2) is 79.7 Å². The van der Waals surface area contributed by atoms with Gasteiger partial charge in [0.05, 0.1) is 17.7 Å². The number of nitrogens with zero attached hydrogens (tertiary/aromatic N) is 2. The van der Waals surface area contributed by atoms with Crippen LogP contribution in [0.3, 0.4) is 0 Å². The zero-order valence-corrected chi connectivity index (χ0v) is 21.8. The van der Waals surface area contributed by atoms with Gasteiger partial charge in [-0.3, -0.25) is 9.59 Å². The molecule has 3 rings (SSSR count). The summed E-state index contributed by atoms with van der Waals surface area (Å²) in [6, 6.07) is 4.47. The first-order valence-corrected chi connectivity index (χ1v) is 12.5. The van der Waals surface area contributed by atoms with Crippen molar-refractivity contribution in [1.82, 2.24) is 15.1 Å². The molecule has 1 fully saturated rings. The summed E-state index contributed by atoms with van der Waals surface area (Å²) in [7, 11) is 3.38. The maximum atomic E-state index is 13.3. The Bertz CT molecular complexity index is 917. The van der Waals surface area contributed by atoms with Crippen molar-refractivity contribution in [3.63, 3.8) is 0 Å². The average Bonchev–Trinajstić information content (AvgIpc) is 2.76. The van der Waals surface area contributed by atoms with E-state index in [1.54, 1.807) is 37.3 Å². The highest BCUT2D eigenvalue weighted by atomic mass is 16.5. The number of likely N-dealkylation sites (N-methyl/N-ethyl adjacent to an activating group) is 1. The molecule has 1 aromatic carbocycles. The minimum atomic E-state index is -0.334. The number of rotatable bonds is 4. The predicted octanol–water partition coefficient (Wildman–Crippen LogP) is 3.35. The highest BCUT2D eigenvalue weighted by Crippen LogP contribution is 2.31. The summed E-state index contributed by atoms with van der Waals surface area (Å²) < 4.78 is 11.9. The molecule has 3 atom stereocenters. The van der Waals surface area contributed by atoms with E-state index >= 15 is 0 Å². The standard InChI is InChI=1S/C26H40N4O5/c1-16(2)27-26(33)28-20-10-11-21-22(12-20)35-15-18(4)30(24(31)19-8-7-9-19)13-17(3)23(34-6)14-29(5)25(21)32/h10-12,16-19,23H,7-9,13-15H2,1-6H3,(H2,27,28,33)/t17-,18-,23+/m1/s1. The number of urea groups is 1. The Balaban J connectivity index is 1.91. The molecule has 1 saturated carbocycles. The molecule has 1 aliphatic heterocycles. The number of hydrogen-bond donors (Lipinski definition) is 2. The fourth-order valence-electron chi connectivity index (χ4n) is 4.48.